The quantitative estimate of drug-likeness (QED) is 0.427. The molecule has 0 aliphatic carbocycles. The third-order valence-electron chi connectivity index (χ3n) is 1.40. The predicted molar refractivity (Wildman–Crippen MR) is 41.8 cm³/mol. The number of phenols is 1. The molecule has 0 radical (unpaired) electrons. The fraction of sp³-hybridized carbons (Fsp3) is 0.222. The molecule has 12 heavy (non-hydrogen) atoms. The summed E-state index contributed by atoms with van der Waals surface area (Å²) in [5.41, 5.74) is 1.23. The molecule has 0 atom stereocenters. The SMILES string of the molecule is [CH2-]CCc1ccc(O)cc1.[I-].[Zn+2]. The smallest absolute Gasteiger partial charge is 1.00 e. The van der Waals surface area contributed by atoms with Gasteiger partial charge in [0.15, 0.2) is 0 Å². The number of aryl methyl sites for hydroxylation is 1. The van der Waals surface area contributed by atoms with Crippen LogP contribution < -0.4 is 24.0 Å². The summed E-state index contributed by atoms with van der Waals surface area (Å²) in [7, 11) is 0. The second kappa shape index (κ2) is 7.99. The summed E-state index contributed by atoms with van der Waals surface area (Å²) in [5.74, 6) is 0.327. The Kier molecular flexibility index (Phi) is 9.91. The van der Waals surface area contributed by atoms with Crippen molar-refractivity contribution < 1.29 is 48.6 Å². The number of aromatic hydroxyl groups is 1. The van der Waals surface area contributed by atoms with E-state index in [1.54, 1.807) is 12.1 Å². The van der Waals surface area contributed by atoms with Gasteiger partial charge in [-0.1, -0.05) is 24.1 Å². The Morgan fingerprint density at radius 2 is 1.67 bits per heavy atom. The van der Waals surface area contributed by atoms with Crippen LogP contribution in [0.25, 0.3) is 0 Å². The van der Waals surface area contributed by atoms with Gasteiger partial charge in [0.1, 0.15) is 5.75 Å². The van der Waals surface area contributed by atoms with E-state index in [1.165, 1.54) is 5.56 Å². The Bertz CT molecular complexity index is 198. The zero-order valence-corrected chi connectivity index (χ0v) is 12.1. The molecule has 0 aliphatic rings. The Morgan fingerprint density at radius 3 is 2.08 bits per heavy atom. The van der Waals surface area contributed by atoms with Crippen LogP contribution >= 0.6 is 0 Å². The second-order valence-electron chi connectivity index (χ2n) is 2.27. The summed E-state index contributed by atoms with van der Waals surface area (Å²) < 4.78 is 0. The average molecular weight is 327 g/mol. The van der Waals surface area contributed by atoms with Crippen molar-refractivity contribution in [2.24, 2.45) is 0 Å². The molecular formula is C9H11IOZn. The van der Waals surface area contributed by atoms with E-state index >= 15 is 0 Å². The van der Waals surface area contributed by atoms with Crippen LogP contribution in [0.3, 0.4) is 0 Å². The predicted octanol–water partition coefficient (Wildman–Crippen LogP) is -0.840. The molecule has 0 aromatic heterocycles. The first kappa shape index (κ1) is 14.9. The van der Waals surface area contributed by atoms with Gasteiger partial charge in [0.25, 0.3) is 0 Å². The second-order valence-corrected chi connectivity index (χ2v) is 2.27. The third-order valence-corrected chi connectivity index (χ3v) is 1.40. The molecular weight excluding hydrogens is 316 g/mol. The number of rotatable bonds is 2. The Labute approximate surface area is 103 Å². The van der Waals surface area contributed by atoms with Crippen LogP contribution in [0.2, 0.25) is 0 Å². The van der Waals surface area contributed by atoms with Crippen molar-refractivity contribution >= 4 is 0 Å². The third kappa shape index (κ3) is 5.10. The molecule has 0 fully saturated rings. The van der Waals surface area contributed by atoms with Crippen molar-refractivity contribution in [2.45, 2.75) is 12.8 Å². The molecule has 0 bridgehead atoms. The summed E-state index contributed by atoms with van der Waals surface area (Å²) in [4.78, 5) is 0. The molecule has 1 nitrogen and oxygen atoms in total. The molecule has 0 saturated carbocycles. The van der Waals surface area contributed by atoms with Crippen molar-refractivity contribution in [1.29, 1.82) is 0 Å². The van der Waals surface area contributed by atoms with Gasteiger partial charge in [-0.05, 0) is 12.1 Å². The molecule has 0 spiro atoms. The first-order valence-electron chi connectivity index (χ1n) is 3.40. The molecule has 0 aliphatic heterocycles. The molecule has 1 aromatic carbocycles. The minimum atomic E-state index is 0. The number of hydrogen-bond donors (Lipinski definition) is 1. The van der Waals surface area contributed by atoms with Gasteiger partial charge in [0.05, 0.1) is 0 Å². The van der Waals surface area contributed by atoms with E-state index < -0.39 is 0 Å². The largest absolute Gasteiger partial charge is 2.00 e. The summed E-state index contributed by atoms with van der Waals surface area (Å²) in [6.07, 6.45) is 1.89. The van der Waals surface area contributed by atoms with Gasteiger partial charge in [0.2, 0.25) is 0 Å². The van der Waals surface area contributed by atoms with Crippen LogP contribution in [0.1, 0.15) is 12.0 Å². The topological polar surface area (TPSA) is 20.2 Å². The maximum Gasteiger partial charge on any atom is 2.00 e. The van der Waals surface area contributed by atoms with E-state index in [0.717, 1.165) is 12.8 Å². The standard InChI is InChI=1S/C9H11O.HI.Zn/c1-2-3-8-4-6-9(10)7-5-8;;/h4-7,10H,1-3H2;1H;/q-1;;+2/p-1. The minimum Gasteiger partial charge on any atom is -1.00 e. The molecule has 1 rings (SSSR count). The minimum absolute atomic E-state index is 0. The van der Waals surface area contributed by atoms with Crippen molar-refractivity contribution in [1.82, 2.24) is 0 Å². The molecule has 0 amide bonds. The average Bonchev–Trinajstić information content (AvgIpc) is 1.95. The maximum atomic E-state index is 8.91. The van der Waals surface area contributed by atoms with Crippen molar-refractivity contribution in [3.63, 3.8) is 0 Å². The van der Waals surface area contributed by atoms with Crippen molar-refractivity contribution in [3.8, 4) is 5.75 Å². The van der Waals surface area contributed by atoms with Crippen LogP contribution in [0.5, 0.6) is 5.75 Å². The van der Waals surface area contributed by atoms with Gasteiger partial charge in [0, 0.05) is 0 Å². The van der Waals surface area contributed by atoms with Crippen LogP contribution in [-0.4, -0.2) is 5.11 Å². The van der Waals surface area contributed by atoms with Gasteiger partial charge < -0.3 is 36.0 Å². The van der Waals surface area contributed by atoms with Crippen LogP contribution in [0.4, 0.5) is 0 Å². The van der Waals surface area contributed by atoms with Gasteiger partial charge in [-0.2, -0.15) is 6.42 Å². The number of phenolic OH excluding ortho intramolecular Hbond substituents is 1. The number of benzene rings is 1. The fourth-order valence-corrected chi connectivity index (χ4v) is 0.867. The zero-order valence-electron chi connectivity index (χ0n) is 6.96. The molecule has 3 heteroatoms. The molecule has 1 N–H and O–H groups in total. The zero-order chi connectivity index (χ0) is 7.40. The van der Waals surface area contributed by atoms with E-state index in [0.29, 0.717) is 5.75 Å². The van der Waals surface area contributed by atoms with E-state index in [-0.39, 0.29) is 43.5 Å². The summed E-state index contributed by atoms with van der Waals surface area (Å²) in [5, 5.41) is 8.91. The van der Waals surface area contributed by atoms with E-state index in [9.17, 15) is 0 Å². The monoisotopic (exact) mass is 326 g/mol. The van der Waals surface area contributed by atoms with E-state index in [2.05, 4.69) is 6.92 Å². The molecule has 1 aromatic rings. The first-order valence-corrected chi connectivity index (χ1v) is 3.40. The number of halogens is 1. The molecule has 0 unspecified atom stereocenters. The Morgan fingerprint density at radius 1 is 1.17 bits per heavy atom. The summed E-state index contributed by atoms with van der Waals surface area (Å²) in [6, 6.07) is 7.23. The van der Waals surface area contributed by atoms with Gasteiger partial charge in [-0.3, -0.25) is 0 Å². The number of hydrogen-bond acceptors (Lipinski definition) is 1. The van der Waals surface area contributed by atoms with Crippen LogP contribution in [0, 0.1) is 6.92 Å². The van der Waals surface area contributed by atoms with Crippen LogP contribution in [0.15, 0.2) is 24.3 Å². The fourth-order valence-electron chi connectivity index (χ4n) is 0.867. The Balaban J connectivity index is 0. The summed E-state index contributed by atoms with van der Waals surface area (Å²) in [6.45, 7) is 3.74. The van der Waals surface area contributed by atoms with E-state index in [4.69, 9.17) is 5.11 Å². The Hall–Kier alpha value is 0.373. The maximum absolute atomic E-state index is 8.91. The molecule has 0 heterocycles. The normalized spacial score (nSPS) is 8.08. The van der Waals surface area contributed by atoms with Gasteiger partial charge in [-0.15, -0.1) is 0 Å². The van der Waals surface area contributed by atoms with Gasteiger partial charge in [-0.25, -0.2) is 0 Å². The molecule has 0 saturated heterocycles. The van der Waals surface area contributed by atoms with Crippen LogP contribution in [-0.2, 0) is 25.9 Å². The van der Waals surface area contributed by atoms with Gasteiger partial charge >= 0.3 is 19.5 Å². The first-order chi connectivity index (χ1) is 4.83. The molecule has 62 valence electrons. The van der Waals surface area contributed by atoms with Crippen molar-refractivity contribution in [3.05, 3.63) is 36.8 Å². The summed E-state index contributed by atoms with van der Waals surface area (Å²) >= 11 is 0. The van der Waals surface area contributed by atoms with Crippen molar-refractivity contribution in [2.75, 3.05) is 0 Å². The van der Waals surface area contributed by atoms with E-state index in [1.807, 2.05) is 12.1 Å².